The van der Waals surface area contributed by atoms with E-state index in [1.807, 2.05) is 26.0 Å². The molecule has 6 nitrogen and oxygen atoms in total. The van der Waals surface area contributed by atoms with Crippen molar-refractivity contribution >= 4 is 23.4 Å². The summed E-state index contributed by atoms with van der Waals surface area (Å²) in [4.78, 5) is 13.2. The maximum atomic E-state index is 13.2. The molecule has 0 radical (unpaired) electrons. The number of rotatable bonds is 6. The van der Waals surface area contributed by atoms with Crippen LogP contribution in [-0.2, 0) is 4.79 Å². The van der Waals surface area contributed by atoms with Gasteiger partial charge in [-0.3, -0.25) is 4.79 Å². The van der Waals surface area contributed by atoms with Gasteiger partial charge in [0.1, 0.15) is 11.5 Å². The lowest BCUT2D eigenvalue weighted by molar-refractivity contribution is -0.113. The fourth-order valence-corrected chi connectivity index (χ4v) is 3.98. The number of para-hydroxylation sites is 2. The van der Waals surface area contributed by atoms with Crippen molar-refractivity contribution in [1.82, 2.24) is 5.32 Å². The highest BCUT2D eigenvalue weighted by molar-refractivity contribution is 8.03. The first-order valence-electron chi connectivity index (χ1n) is 8.83. The van der Waals surface area contributed by atoms with E-state index in [9.17, 15) is 10.1 Å². The van der Waals surface area contributed by atoms with Gasteiger partial charge in [0.2, 0.25) is 0 Å². The largest absolute Gasteiger partial charge is 0.495 e. The lowest BCUT2D eigenvalue weighted by atomic mass is 9.85. The van der Waals surface area contributed by atoms with Gasteiger partial charge in [-0.15, -0.1) is 11.8 Å². The Labute approximate surface area is 168 Å². The van der Waals surface area contributed by atoms with E-state index in [1.54, 1.807) is 37.6 Å². The Bertz CT molecular complexity index is 971. The van der Waals surface area contributed by atoms with Crippen molar-refractivity contribution in [2.75, 3.05) is 18.2 Å². The third kappa shape index (κ3) is 3.78. The molecule has 2 aromatic rings. The van der Waals surface area contributed by atoms with Crippen LogP contribution in [0.15, 0.2) is 69.0 Å². The summed E-state index contributed by atoms with van der Waals surface area (Å²) < 4.78 is 10.9. The van der Waals surface area contributed by atoms with Crippen LogP contribution in [0.4, 0.5) is 5.69 Å². The summed E-state index contributed by atoms with van der Waals surface area (Å²) in [5.74, 6) is 1.02. The normalized spacial score (nSPS) is 16.4. The van der Waals surface area contributed by atoms with Gasteiger partial charge in [0.05, 0.1) is 47.2 Å². The number of thioether (sulfide) groups is 1. The van der Waals surface area contributed by atoms with Gasteiger partial charge >= 0.3 is 0 Å². The SMILES string of the molecule is CCSC1=C(C#N)C(c2ccco2)C(C(=O)Nc2ccccc2OC)=C(C)N1. The number of amides is 1. The molecule has 0 saturated carbocycles. The van der Waals surface area contributed by atoms with E-state index in [0.29, 0.717) is 34.0 Å². The number of furan rings is 1. The zero-order valence-corrected chi connectivity index (χ0v) is 16.7. The van der Waals surface area contributed by atoms with Crippen LogP contribution < -0.4 is 15.4 Å². The third-order valence-corrected chi connectivity index (χ3v) is 5.26. The molecule has 0 spiro atoms. The third-order valence-electron chi connectivity index (χ3n) is 4.36. The molecular weight excluding hydrogens is 374 g/mol. The van der Waals surface area contributed by atoms with E-state index in [0.717, 1.165) is 10.8 Å². The number of dihydropyridines is 1. The number of benzene rings is 1. The van der Waals surface area contributed by atoms with Gasteiger partial charge in [-0.1, -0.05) is 19.1 Å². The number of carbonyl (C=O) groups is 1. The minimum Gasteiger partial charge on any atom is -0.495 e. The molecule has 1 aromatic carbocycles. The average molecular weight is 395 g/mol. The van der Waals surface area contributed by atoms with Gasteiger partial charge in [0.25, 0.3) is 5.91 Å². The number of methoxy groups -OCH3 is 1. The van der Waals surface area contributed by atoms with Crippen molar-refractivity contribution in [3.8, 4) is 11.8 Å². The van der Waals surface area contributed by atoms with Crippen LogP contribution in [0.1, 0.15) is 25.5 Å². The van der Waals surface area contributed by atoms with Gasteiger partial charge in [-0.05, 0) is 36.9 Å². The molecule has 3 rings (SSSR count). The summed E-state index contributed by atoms with van der Waals surface area (Å²) in [6.45, 7) is 3.84. The second-order valence-corrected chi connectivity index (χ2v) is 7.33. The fraction of sp³-hybridized carbons (Fsp3) is 0.238. The van der Waals surface area contributed by atoms with Crippen LogP contribution in [0.25, 0.3) is 0 Å². The van der Waals surface area contributed by atoms with E-state index in [4.69, 9.17) is 9.15 Å². The van der Waals surface area contributed by atoms with E-state index >= 15 is 0 Å². The van der Waals surface area contributed by atoms with Crippen molar-refractivity contribution in [2.24, 2.45) is 0 Å². The first-order chi connectivity index (χ1) is 13.6. The first-order valence-corrected chi connectivity index (χ1v) is 9.81. The number of hydrogen-bond acceptors (Lipinski definition) is 6. The number of hydrogen-bond donors (Lipinski definition) is 2. The predicted molar refractivity (Wildman–Crippen MR) is 110 cm³/mol. The zero-order valence-electron chi connectivity index (χ0n) is 15.9. The van der Waals surface area contributed by atoms with Gasteiger partial charge in [0.15, 0.2) is 0 Å². The lowest BCUT2D eigenvalue weighted by Gasteiger charge is -2.28. The van der Waals surface area contributed by atoms with Crippen molar-refractivity contribution in [3.63, 3.8) is 0 Å². The second kappa shape index (κ2) is 8.72. The highest BCUT2D eigenvalue weighted by Gasteiger charge is 2.36. The van der Waals surface area contributed by atoms with Crippen molar-refractivity contribution in [2.45, 2.75) is 19.8 Å². The maximum Gasteiger partial charge on any atom is 0.254 e. The Balaban J connectivity index is 2.03. The van der Waals surface area contributed by atoms with Crippen LogP contribution in [0, 0.1) is 11.3 Å². The molecule has 144 valence electrons. The quantitative estimate of drug-likeness (QED) is 0.755. The van der Waals surface area contributed by atoms with Gasteiger partial charge < -0.3 is 19.8 Å². The standard InChI is InChI=1S/C21H21N3O3S/c1-4-28-21-14(12-22)19(17-10-7-11-27-17)18(13(2)23-21)20(25)24-15-8-5-6-9-16(15)26-3/h5-11,19,23H,4H2,1-3H3,(H,24,25). The highest BCUT2D eigenvalue weighted by Crippen LogP contribution is 2.41. The minimum absolute atomic E-state index is 0.316. The van der Waals surface area contributed by atoms with E-state index < -0.39 is 5.92 Å². The van der Waals surface area contributed by atoms with Gasteiger partial charge in [-0.2, -0.15) is 5.26 Å². The van der Waals surface area contributed by atoms with Gasteiger partial charge in [0, 0.05) is 5.70 Å². The minimum atomic E-state index is -0.579. The molecule has 2 N–H and O–H groups in total. The molecular formula is C21H21N3O3S. The molecule has 28 heavy (non-hydrogen) atoms. The van der Waals surface area contributed by atoms with Crippen LogP contribution in [0.2, 0.25) is 0 Å². The molecule has 0 saturated heterocycles. The summed E-state index contributed by atoms with van der Waals surface area (Å²) in [6, 6.07) is 13.0. The van der Waals surface area contributed by atoms with E-state index in [2.05, 4.69) is 16.7 Å². The molecule has 1 aliphatic heterocycles. The Morgan fingerprint density at radius 2 is 2.14 bits per heavy atom. The molecule has 1 aliphatic rings. The van der Waals surface area contributed by atoms with Crippen LogP contribution in [-0.4, -0.2) is 18.8 Å². The molecule has 0 fully saturated rings. The Kier molecular flexibility index (Phi) is 6.12. The number of anilines is 1. The fourth-order valence-electron chi connectivity index (χ4n) is 3.15. The Morgan fingerprint density at radius 3 is 2.79 bits per heavy atom. The zero-order chi connectivity index (χ0) is 20.1. The number of allylic oxidation sites excluding steroid dienone is 2. The first kappa shape index (κ1) is 19.6. The molecule has 2 heterocycles. The number of ether oxygens (including phenoxy) is 1. The van der Waals surface area contributed by atoms with Crippen LogP contribution >= 0.6 is 11.8 Å². The summed E-state index contributed by atoms with van der Waals surface area (Å²) in [7, 11) is 1.55. The van der Waals surface area contributed by atoms with Crippen molar-refractivity contribution < 1.29 is 13.9 Å². The molecule has 1 aromatic heterocycles. The Hall–Kier alpha value is -3.11. The molecule has 0 aliphatic carbocycles. The van der Waals surface area contributed by atoms with Crippen LogP contribution in [0.5, 0.6) is 5.75 Å². The number of nitrogens with one attached hydrogen (secondary N) is 2. The van der Waals surface area contributed by atoms with Crippen molar-refractivity contribution in [3.05, 3.63) is 70.3 Å². The molecule has 1 unspecified atom stereocenters. The molecule has 1 amide bonds. The van der Waals surface area contributed by atoms with Crippen molar-refractivity contribution in [1.29, 1.82) is 5.26 Å². The number of nitriles is 1. The average Bonchev–Trinajstić information content (AvgIpc) is 3.22. The Morgan fingerprint density at radius 1 is 1.36 bits per heavy atom. The molecule has 7 heteroatoms. The van der Waals surface area contributed by atoms with Gasteiger partial charge in [-0.25, -0.2) is 0 Å². The van der Waals surface area contributed by atoms with E-state index in [-0.39, 0.29) is 5.91 Å². The molecule has 0 bridgehead atoms. The summed E-state index contributed by atoms with van der Waals surface area (Å²) >= 11 is 1.53. The summed E-state index contributed by atoms with van der Waals surface area (Å²) in [5.41, 5.74) is 2.16. The predicted octanol–water partition coefficient (Wildman–Crippen LogP) is 4.38. The summed E-state index contributed by atoms with van der Waals surface area (Å²) in [6.07, 6.45) is 1.55. The highest BCUT2D eigenvalue weighted by atomic mass is 32.2. The monoisotopic (exact) mass is 395 g/mol. The summed E-state index contributed by atoms with van der Waals surface area (Å²) in [5, 5.41) is 16.7. The second-order valence-electron chi connectivity index (χ2n) is 6.05. The van der Waals surface area contributed by atoms with Crippen LogP contribution in [0.3, 0.4) is 0 Å². The number of nitrogens with zero attached hydrogens (tertiary/aromatic N) is 1. The lowest BCUT2D eigenvalue weighted by Crippen LogP contribution is -2.30. The smallest absolute Gasteiger partial charge is 0.254 e. The van der Waals surface area contributed by atoms with E-state index in [1.165, 1.54) is 11.8 Å². The molecule has 1 atom stereocenters. The maximum absolute atomic E-state index is 13.2. The number of carbonyl (C=O) groups excluding carboxylic acids is 1. The topological polar surface area (TPSA) is 87.3 Å².